The lowest BCUT2D eigenvalue weighted by molar-refractivity contribution is 0.0862. The zero-order valence-electron chi connectivity index (χ0n) is 8.82. The summed E-state index contributed by atoms with van der Waals surface area (Å²) in [6.07, 6.45) is 0.611. The molecule has 3 nitrogen and oxygen atoms in total. The van der Waals surface area contributed by atoms with Gasteiger partial charge in [-0.1, -0.05) is 24.3 Å². The molecule has 1 aliphatic heterocycles. The van der Waals surface area contributed by atoms with E-state index >= 15 is 0 Å². The van der Waals surface area contributed by atoms with Crippen molar-refractivity contribution in [2.24, 2.45) is 5.73 Å². The maximum Gasteiger partial charge on any atom is 0.185 e. The summed E-state index contributed by atoms with van der Waals surface area (Å²) in [7, 11) is 0. The fourth-order valence-corrected chi connectivity index (χ4v) is 1.86. The number of carbonyl (C=O) groups is 1. The fraction of sp³-hybridized carbons (Fsp3) is 0.417. The van der Waals surface area contributed by atoms with Gasteiger partial charge in [-0.3, -0.25) is 4.79 Å². The van der Waals surface area contributed by atoms with Crippen molar-refractivity contribution in [1.29, 1.82) is 0 Å². The predicted molar refractivity (Wildman–Crippen MR) is 57.9 cm³/mol. The van der Waals surface area contributed by atoms with Crippen LogP contribution < -0.4 is 5.73 Å². The van der Waals surface area contributed by atoms with E-state index in [1.807, 2.05) is 31.2 Å². The number of nitrogens with two attached hydrogens (primary N) is 1. The minimum Gasteiger partial charge on any atom is -0.379 e. The van der Waals surface area contributed by atoms with E-state index in [2.05, 4.69) is 0 Å². The van der Waals surface area contributed by atoms with Crippen LogP contribution in [0.1, 0.15) is 22.3 Å². The van der Waals surface area contributed by atoms with Crippen LogP contribution in [-0.4, -0.2) is 24.5 Å². The second kappa shape index (κ2) is 3.76. The first-order valence-electron chi connectivity index (χ1n) is 5.10. The SMILES string of the molecule is Cc1ccccc1C(=O)C1(N)CCOC1. The molecule has 0 radical (unpaired) electrons. The lowest BCUT2D eigenvalue weighted by Crippen LogP contribution is -2.48. The zero-order chi connectivity index (χ0) is 10.9. The first-order valence-corrected chi connectivity index (χ1v) is 5.10. The molecule has 3 heteroatoms. The monoisotopic (exact) mass is 205 g/mol. The summed E-state index contributed by atoms with van der Waals surface area (Å²) >= 11 is 0. The molecule has 0 bridgehead atoms. The standard InChI is InChI=1S/C12H15NO2/c1-9-4-2-3-5-10(9)11(14)12(13)6-7-15-8-12/h2-5H,6-8,13H2,1H3. The average Bonchev–Trinajstić information content (AvgIpc) is 2.66. The molecule has 1 heterocycles. The van der Waals surface area contributed by atoms with Gasteiger partial charge in [-0.2, -0.15) is 0 Å². The van der Waals surface area contributed by atoms with Crippen molar-refractivity contribution in [2.45, 2.75) is 18.9 Å². The third-order valence-corrected chi connectivity index (χ3v) is 2.89. The van der Waals surface area contributed by atoms with E-state index in [0.29, 0.717) is 25.2 Å². The molecule has 80 valence electrons. The summed E-state index contributed by atoms with van der Waals surface area (Å²) in [4.78, 5) is 12.2. The molecule has 1 fully saturated rings. The smallest absolute Gasteiger partial charge is 0.185 e. The molecule has 0 spiro atoms. The predicted octanol–water partition coefficient (Wildman–Crippen LogP) is 1.30. The molecular weight excluding hydrogens is 190 g/mol. The topological polar surface area (TPSA) is 52.3 Å². The quantitative estimate of drug-likeness (QED) is 0.740. The number of hydrogen-bond donors (Lipinski definition) is 1. The van der Waals surface area contributed by atoms with E-state index < -0.39 is 5.54 Å². The highest BCUT2D eigenvalue weighted by Gasteiger charge is 2.38. The number of Topliss-reactive ketones (excluding diaryl/α,β-unsaturated/α-hetero) is 1. The van der Waals surface area contributed by atoms with Gasteiger partial charge in [0, 0.05) is 12.2 Å². The summed E-state index contributed by atoms with van der Waals surface area (Å²) in [5.41, 5.74) is 6.90. The van der Waals surface area contributed by atoms with Crippen LogP contribution in [0, 0.1) is 6.92 Å². The van der Waals surface area contributed by atoms with Crippen LogP contribution in [0.4, 0.5) is 0 Å². The molecule has 0 aliphatic carbocycles. The van der Waals surface area contributed by atoms with Crippen molar-refractivity contribution in [3.8, 4) is 0 Å². The maximum atomic E-state index is 12.2. The Morgan fingerprint density at radius 2 is 2.20 bits per heavy atom. The van der Waals surface area contributed by atoms with Crippen LogP contribution in [0.15, 0.2) is 24.3 Å². The highest BCUT2D eigenvalue weighted by molar-refractivity contribution is 6.04. The average molecular weight is 205 g/mol. The van der Waals surface area contributed by atoms with Crippen LogP contribution in [-0.2, 0) is 4.74 Å². The van der Waals surface area contributed by atoms with Gasteiger partial charge in [0.05, 0.1) is 6.61 Å². The Balaban J connectivity index is 2.32. The van der Waals surface area contributed by atoms with E-state index in [1.54, 1.807) is 0 Å². The van der Waals surface area contributed by atoms with E-state index in [1.165, 1.54) is 0 Å². The first kappa shape index (κ1) is 10.3. The molecule has 0 amide bonds. The van der Waals surface area contributed by atoms with E-state index in [9.17, 15) is 4.79 Å². The minimum absolute atomic E-state index is 0.00176. The van der Waals surface area contributed by atoms with Crippen molar-refractivity contribution in [1.82, 2.24) is 0 Å². The molecule has 1 aromatic rings. The molecule has 0 aromatic heterocycles. The molecule has 2 N–H and O–H groups in total. The normalized spacial score (nSPS) is 25.5. The molecular formula is C12H15NO2. The maximum absolute atomic E-state index is 12.2. The molecule has 1 atom stereocenters. The van der Waals surface area contributed by atoms with Crippen LogP contribution in [0.2, 0.25) is 0 Å². The van der Waals surface area contributed by atoms with Crippen molar-refractivity contribution in [3.05, 3.63) is 35.4 Å². The highest BCUT2D eigenvalue weighted by atomic mass is 16.5. The largest absolute Gasteiger partial charge is 0.379 e. The Morgan fingerprint density at radius 3 is 2.80 bits per heavy atom. The molecule has 15 heavy (non-hydrogen) atoms. The van der Waals surface area contributed by atoms with Gasteiger partial charge in [0.2, 0.25) is 0 Å². The second-order valence-electron chi connectivity index (χ2n) is 4.10. The van der Waals surface area contributed by atoms with Crippen molar-refractivity contribution < 1.29 is 9.53 Å². The highest BCUT2D eigenvalue weighted by Crippen LogP contribution is 2.22. The molecule has 1 unspecified atom stereocenters. The zero-order valence-corrected chi connectivity index (χ0v) is 8.82. The number of aryl methyl sites for hydroxylation is 1. The number of ether oxygens (including phenoxy) is 1. The van der Waals surface area contributed by atoms with Crippen LogP contribution in [0.5, 0.6) is 0 Å². The Kier molecular flexibility index (Phi) is 2.59. The third kappa shape index (κ3) is 1.80. The van der Waals surface area contributed by atoms with Gasteiger partial charge in [-0.25, -0.2) is 0 Å². The Morgan fingerprint density at radius 1 is 1.47 bits per heavy atom. The van der Waals surface area contributed by atoms with E-state index in [4.69, 9.17) is 10.5 Å². The Hall–Kier alpha value is -1.19. The molecule has 1 saturated heterocycles. The second-order valence-corrected chi connectivity index (χ2v) is 4.10. The molecule has 1 aliphatic rings. The summed E-state index contributed by atoms with van der Waals surface area (Å²) < 4.78 is 5.20. The van der Waals surface area contributed by atoms with Crippen LogP contribution in [0.3, 0.4) is 0 Å². The van der Waals surface area contributed by atoms with Gasteiger partial charge < -0.3 is 10.5 Å². The number of carbonyl (C=O) groups excluding carboxylic acids is 1. The van der Waals surface area contributed by atoms with Gasteiger partial charge in [-0.15, -0.1) is 0 Å². The summed E-state index contributed by atoms with van der Waals surface area (Å²) in [6, 6.07) is 7.52. The van der Waals surface area contributed by atoms with Crippen molar-refractivity contribution in [3.63, 3.8) is 0 Å². The number of ketones is 1. The van der Waals surface area contributed by atoms with E-state index in [0.717, 1.165) is 5.56 Å². The van der Waals surface area contributed by atoms with Gasteiger partial charge in [0.15, 0.2) is 5.78 Å². The van der Waals surface area contributed by atoms with E-state index in [-0.39, 0.29) is 5.78 Å². The summed E-state index contributed by atoms with van der Waals surface area (Å²) in [6.45, 7) is 2.83. The number of hydrogen-bond acceptors (Lipinski definition) is 3. The van der Waals surface area contributed by atoms with Crippen LogP contribution in [0.25, 0.3) is 0 Å². The van der Waals surface area contributed by atoms with Gasteiger partial charge in [0.1, 0.15) is 5.54 Å². The number of benzene rings is 1. The van der Waals surface area contributed by atoms with Crippen molar-refractivity contribution in [2.75, 3.05) is 13.2 Å². The van der Waals surface area contributed by atoms with Gasteiger partial charge >= 0.3 is 0 Å². The Bertz CT molecular complexity index is 381. The first-order chi connectivity index (χ1) is 7.13. The van der Waals surface area contributed by atoms with Gasteiger partial charge in [-0.05, 0) is 18.9 Å². The van der Waals surface area contributed by atoms with Gasteiger partial charge in [0.25, 0.3) is 0 Å². The number of rotatable bonds is 2. The Labute approximate surface area is 89.2 Å². The molecule has 0 saturated carbocycles. The molecule has 2 rings (SSSR count). The van der Waals surface area contributed by atoms with Crippen LogP contribution >= 0.6 is 0 Å². The third-order valence-electron chi connectivity index (χ3n) is 2.89. The van der Waals surface area contributed by atoms with Crippen molar-refractivity contribution >= 4 is 5.78 Å². The molecule has 1 aromatic carbocycles. The summed E-state index contributed by atoms with van der Waals surface area (Å²) in [5, 5.41) is 0. The summed E-state index contributed by atoms with van der Waals surface area (Å²) in [5.74, 6) is -0.00176. The lowest BCUT2D eigenvalue weighted by Gasteiger charge is -2.20. The fourth-order valence-electron chi connectivity index (χ4n) is 1.86. The lowest BCUT2D eigenvalue weighted by atomic mass is 9.88. The minimum atomic E-state index is -0.813.